The Morgan fingerprint density at radius 2 is 2.19 bits per heavy atom. The second kappa shape index (κ2) is 5.25. The number of aromatic nitrogens is 1. The minimum absolute atomic E-state index is 0.279. The van der Waals surface area contributed by atoms with Crippen LogP contribution in [0.1, 0.15) is 23.7 Å². The maximum atomic E-state index is 10.4. The van der Waals surface area contributed by atoms with Gasteiger partial charge in [-0.15, -0.1) is 0 Å². The van der Waals surface area contributed by atoms with Gasteiger partial charge >= 0.3 is 5.97 Å². The van der Waals surface area contributed by atoms with Gasteiger partial charge in [0.1, 0.15) is 11.3 Å². The van der Waals surface area contributed by atoms with Crippen molar-refractivity contribution in [2.75, 3.05) is 0 Å². The molecular formula is C10H12ClNO4. The summed E-state index contributed by atoms with van der Waals surface area (Å²) in [6.45, 7) is 1.69. The Labute approximate surface area is 97.3 Å². The molecule has 0 aromatic carbocycles. The first-order valence-electron chi connectivity index (χ1n) is 4.61. The third kappa shape index (κ3) is 3.16. The summed E-state index contributed by atoms with van der Waals surface area (Å²) >= 11 is 5.64. The first-order valence-corrected chi connectivity index (χ1v) is 4.99. The van der Waals surface area contributed by atoms with Crippen LogP contribution in [0.3, 0.4) is 0 Å². The Morgan fingerprint density at radius 3 is 2.69 bits per heavy atom. The molecule has 6 heteroatoms. The van der Waals surface area contributed by atoms with Crippen molar-refractivity contribution in [1.29, 1.82) is 0 Å². The number of aliphatic hydroxyl groups is 2. The monoisotopic (exact) mass is 245 g/mol. The maximum absolute atomic E-state index is 10.4. The Morgan fingerprint density at radius 1 is 1.56 bits per heavy atom. The van der Waals surface area contributed by atoms with Crippen molar-refractivity contribution >= 4 is 17.6 Å². The summed E-state index contributed by atoms with van der Waals surface area (Å²) in [5, 5.41) is 27.9. The second-order valence-electron chi connectivity index (χ2n) is 3.47. The van der Waals surface area contributed by atoms with Crippen LogP contribution in [0.5, 0.6) is 0 Å². The zero-order valence-electron chi connectivity index (χ0n) is 8.59. The molecule has 0 aliphatic rings. The average molecular weight is 246 g/mol. The number of rotatable bonds is 4. The Hall–Kier alpha value is -1.17. The molecule has 0 saturated carbocycles. The number of aliphatic hydroxyl groups excluding tert-OH is 2. The van der Waals surface area contributed by atoms with Gasteiger partial charge in [0.05, 0.1) is 12.5 Å². The van der Waals surface area contributed by atoms with E-state index in [1.54, 1.807) is 6.92 Å². The van der Waals surface area contributed by atoms with E-state index in [0.717, 1.165) is 0 Å². The summed E-state index contributed by atoms with van der Waals surface area (Å²) in [7, 11) is 0. The lowest BCUT2D eigenvalue weighted by molar-refractivity contribution is -0.141. The second-order valence-corrected chi connectivity index (χ2v) is 3.86. The normalized spacial score (nSPS) is 14.5. The first kappa shape index (κ1) is 12.9. The molecule has 0 fully saturated rings. The summed E-state index contributed by atoms with van der Waals surface area (Å²) < 4.78 is 0. The lowest BCUT2D eigenvalue weighted by atomic mass is 10.00. The van der Waals surface area contributed by atoms with E-state index < -0.39 is 24.6 Å². The van der Waals surface area contributed by atoms with Crippen molar-refractivity contribution in [3.05, 3.63) is 28.5 Å². The van der Waals surface area contributed by atoms with Crippen molar-refractivity contribution in [3.8, 4) is 0 Å². The molecule has 0 saturated heterocycles. The van der Waals surface area contributed by atoms with Crippen molar-refractivity contribution < 1.29 is 20.1 Å². The van der Waals surface area contributed by atoms with E-state index >= 15 is 0 Å². The average Bonchev–Trinajstić information content (AvgIpc) is 2.15. The number of nitrogens with zero attached hydrogens (tertiary/aromatic N) is 1. The van der Waals surface area contributed by atoms with Crippen LogP contribution >= 0.6 is 11.6 Å². The highest BCUT2D eigenvalue weighted by atomic mass is 35.5. The molecule has 5 nitrogen and oxygen atoms in total. The Balaban J connectivity index is 2.87. The molecule has 0 aliphatic heterocycles. The van der Waals surface area contributed by atoms with Crippen LogP contribution in [0.4, 0.5) is 0 Å². The van der Waals surface area contributed by atoms with Crippen LogP contribution in [0, 0.1) is 6.92 Å². The van der Waals surface area contributed by atoms with Crippen molar-refractivity contribution in [2.45, 2.75) is 25.6 Å². The largest absolute Gasteiger partial charge is 0.481 e. The topological polar surface area (TPSA) is 90.7 Å². The van der Waals surface area contributed by atoms with E-state index in [4.69, 9.17) is 16.7 Å². The number of carboxylic acids is 1. The third-order valence-corrected chi connectivity index (χ3v) is 2.39. The van der Waals surface area contributed by atoms with Crippen molar-refractivity contribution in [1.82, 2.24) is 4.98 Å². The van der Waals surface area contributed by atoms with E-state index in [1.165, 1.54) is 12.3 Å². The summed E-state index contributed by atoms with van der Waals surface area (Å²) in [6.07, 6.45) is -1.84. The SMILES string of the molecule is Cc1cc(Cl)ncc1C(O)C(O)CC(=O)O. The molecular weight excluding hydrogens is 234 g/mol. The van der Waals surface area contributed by atoms with Gasteiger partial charge in [-0.2, -0.15) is 0 Å². The van der Waals surface area contributed by atoms with Gasteiger partial charge in [0, 0.05) is 11.8 Å². The molecule has 2 unspecified atom stereocenters. The van der Waals surface area contributed by atoms with E-state index in [2.05, 4.69) is 4.98 Å². The summed E-state index contributed by atoms with van der Waals surface area (Å²) in [5.41, 5.74) is 1.02. The first-order chi connectivity index (χ1) is 7.41. The van der Waals surface area contributed by atoms with Gasteiger partial charge in [0.2, 0.25) is 0 Å². The highest BCUT2D eigenvalue weighted by Gasteiger charge is 2.22. The standard InChI is InChI=1S/C10H12ClNO4/c1-5-2-8(11)12-4-6(5)10(16)7(13)3-9(14)15/h2,4,7,10,13,16H,3H2,1H3,(H,14,15). The van der Waals surface area contributed by atoms with E-state index in [-0.39, 0.29) is 5.15 Å². The molecule has 1 rings (SSSR count). The van der Waals surface area contributed by atoms with E-state index in [0.29, 0.717) is 11.1 Å². The summed E-state index contributed by atoms with van der Waals surface area (Å²) in [5.74, 6) is -1.17. The number of carboxylic acid groups (broad SMARTS) is 1. The van der Waals surface area contributed by atoms with Crippen LogP contribution in [0.25, 0.3) is 0 Å². The van der Waals surface area contributed by atoms with Gasteiger partial charge in [-0.25, -0.2) is 4.98 Å². The molecule has 88 valence electrons. The molecule has 1 aromatic rings. The fraction of sp³-hybridized carbons (Fsp3) is 0.400. The van der Waals surface area contributed by atoms with Gasteiger partial charge in [0.25, 0.3) is 0 Å². The van der Waals surface area contributed by atoms with Crippen LogP contribution in [-0.2, 0) is 4.79 Å². The lowest BCUT2D eigenvalue weighted by Crippen LogP contribution is -2.22. The molecule has 1 aromatic heterocycles. The van der Waals surface area contributed by atoms with Gasteiger partial charge in [-0.05, 0) is 18.6 Å². The van der Waals surface area contributed by atoms with Crippen molar-refractivity contribution in [3.63, 3.8) is 0 Å². The fourth-order valence-electron chi connectivity index (χ4n) is 1.34. The molecule has 0 amide bonds. The number of hydrogen-bond donors (Lipinski definition) is 3. The summed E-state index contributed by atoms with van der Waals surface area (Å²) in [6, 6.07) is 1.54. The minimum Gasteiger partial charge on any atom is -0.481 e. The van der Waals surface area contributed by atoms with E-state index in [1.807, 2.05) is 0 Å². The number of aliphatic carboxylic acids is 1. The number of hydrogen-bond acceptors (Lipinski definition) is 4. The van der Waals surface area contributed by atoms with Gasteiger partial charge in [-0.1, -0.05) is 11.6 Å². The highest BCUT2D eigenvalue weighted by Crippen LogP contribution is 2.23. The molecule has 3 N–H and O–H groups in total. The molecule has 16 heavy (non-hydrogen) atoms. The number of pyridine rings is 1. The van der Waals surface area contributed by atoms with E-state index in [9.17, 15) is 15.0 Å². The van der Waals surface area contributed by atoms with Crippen LogP contribution in [-0.4, -0.2) is 32.4 Å². The van der Waals surface area contributed by atoms with Gasteiger partial charge in [0.15, 0.2) is 0 Å². The zero-order chi connectivity index (χ0) is 12.3. The Bertz CT molecular complexity index is 396. The molecule has 0 bridgehead atoms. The van der Waals surface area contributed by atoms with Crippen LogP contribution < -0.4 is 0 Å². The minimum atomic E-state index is -1.36. The predicted molar refractivity (Wildman–Crippen MR) is 57.2 cm³/mol. The molecule has 2 atom stereocenters. The maximum Gasteiger partial charge on any atom is 0.306 e. The molecule has 0 radical (unpaired) electrons. The molecule has 1 heterocycles. The third-order valence-electron chi connectivity index (χ3n) is 2.18. The van der Waals surface area contributed by atoms with Crippen LogP contribution in [0.15, 0.2) is 12.3 Å². The van der Waals surface area contributed by atoms with Gasteiger partial charge in [-0.3, -0.25) is 4.79 Å². The van der Waals surface area contributed by atoms with Crippen LogP contribution in [0.2, 0.25) is 5.15 Å². The molecule has 0 spiro atoms. The van der Waals surface area contributed by atoms with Gasteiger partial charge < -0.3 is 15.3 Å². The number of carbonyl (C=O) groups is 1. The number of halogens is 1. The lowest BCUT2D eigenvalue weighted by Gasteiger charge is -2.18. The van der Waals surface area contributed by atoms with Crippen molar-refractivity contribution in [2.24, 2.45) is 0 Å². The zero-order valence-corrected chi connectivity index (χ0v) is 9.35. The predicted octanol–water partition coefficient (Wildman–Crippen LogP) is 0.912. The smallest absolute Gasteiger partial charge is 0.306 e. The fourth-order valence-corrected chi connectivity index (χ4v) is 1.55. The summed E-state index contributed by atoms with van der Waals surface area (Å²) in [4.78, 5) is 14.1. The number of aryl methyl sites for hydroxylation is 1. The Kier molecular flexibility index (Phi) is 4.23. The molecule has 0 aliphatic carbocycles. The quantitative estimate of drug-likeness (QED) is 0.686. The highest BCUT2D eigenvalue weighted by molar-refractivity contribution is 6.29.